The molecule has 0 rings (SSSR count). The summed E-state index contributed by atoms with van der Waals surface area (Å²) < 4.78 is 0. The molecule has 0 aliphatic heterocycles. The number of hydrogen-bond donors (Lipinski definition) is 1. The van der Waals surface area contributed by atoms with Crippen molar-refractivity contribution in [2.24, 2.45) is 0 Å². The molecule has 1 N–H and O–H groups in total. The molecule has 0 aliphatic rings. The maximum Gasteiger partial charge on any atom is 2.00 e. The van der Waals surface area contributed by atoms with E-state index in [1.54, 1.807) is 11.8 Å². The Bertz CT molecular complexity index is 235. The van der Waals surface area contributed by atoms with E-state index in [1.807, 2.05) is 0 Å². The Morgan fingerprint density at radius 3 is 1.50 bits per heavy atom. The SMILES string of the molecule is CCCCCCCCCCCCCCCCSCC(=O)O.[H-].[H-].[Mg+2]. The molecule has 0 aromatic heterocycles. The van der Waals surface area contributed by atoms with E-state index < -0.39 is 5.97 Å². The van der Waals surface area contributed by atoms with Crippen LogP contribution in [-0.4, -0.2) is 45.6 Å². The molecule has 0 saturated carbocycles. The molecule has 0 bridgehead atoms. The van der Waals surface area contributed by atoms with Gasteiger partial charge in [0.2, 0.25) is 0 Å². The van der Waals surface area contributed by atoms with E-state index in [4.69, 9.17) is 5.11 Å². The van der Waals surface area contributed by atoms with Crippen LogP contribution in [0.25, 0.3) is 0 Å². The van der Waals surface area contributed by atoms with Gasteiger partial charge in [-0.1, -0.05) is 90.4 Å². The third-order valence-corrected chi connectivity index (χ3v) is 4.90. The molecule has 4 heteroatoms. The number of hydrogen-bond acceptors (Lipinski definition) is 2. The molecule has 0 aliphatic carbocycles. The monoisotopic (exact) mass is 342 g/mol. The van der Waals surface area contributed by atoms with Crippen molar-refractivity contribution in [3.63, 3.8) is 0 Å². The minimum absolute atomic E-state index is 0. The molecular weight excluding hydrogens is 305 g/mol. The van der Waals surface area contributed by atoms with Crippen LogP contribution in [0.5, 0.6) is 0 Å². The van der Waals surface area contributed by atoms with E-state index in [9.17, 15) is 4.79 Å². The van der Waals surface area contributed by atoms with Gasteiger partial charge in [-0.05, 0) is 12.2 Å². The molecule has 2 nitrogen and oxygen atoms in total. The van der Waals surface area contributed by atoms with Crippen LogP contribution in [0.15, 0.2) is 0 Å². The maximum atomic E-state index is 10.3. The Morgan fingerprint density at radius 1 is 0.773 bits per heavy atom. The predicted molar refractivity (Wildman–Crippen MR) is 103 cm³/mol. The third kappa shape index (κ3) is 22.9. The Morgan fingerprint density at radius 2 is 1.14 bits per heavy atom. The van der Waals surface area contributed by atoms with Crippen LogP contribution in [0.2, 0.25) is 0 Å². The zero-order chi connectivity index (χ0) is 15.6. The number of thioether (sulfide) groups is 1. The summed E-state index contributed by atoms with van der Waals surface area (Å²) in [6.07, 6.45) is 19.3. The minimum Gasteiger partial charge on any atom is -1.00 e. The molecule has 0 unspecified atom stereocenters. The predicted octanol–water partition coefficient (Wildman–Crippen LogP) is 6.13. The largest absolute Gasteiger partial charge is 2.00 e. The van der Waals surface area contributed by atoms with Gasteiger partial charge in [-0.2, -0.15) is 11.8 Å². The first kappa shape index (κ1) is 24.8. The number of aliphatic carboxylic acids is 1. The van der Waals surface area contributed by atoms with Crippen molar-refractivity contribution in [2.45, 2.75) is 96.8 Å². The molecule has 0 amide bonds. The molecule has 0 aromatic carbocycles. The van der Waals surface area contributed by atoms with Crippen molar-refractivity contribution in [3.05, 3.63) is 0 Å². The first-order chi connectivity index (χ1) is 10.3. The maximum absolute atomic E-state index is 10.3. The molecule has 0 radical (unpaired) electrons. The molecule has 22 heavy (non-hydrogen) atoms. The summed E-state index contributed by atoms with van der Waals surface area (Å²) in [7, 11) is 0. The Balaban J connectivity index is -0.000000667. The van der Waals surface area contributed by atoms with Gasteiger partial charge in [-0.3, -0.25) is 4.79 Å². The number of carboxylic acid groups (broad SMARTS) is 1. The smallest absolute Gasteiger partial charge is 1.00 e. The first-order valence-electron chi connectivity index (χ1n) is 9.07. The number of unbranched alkanes of at least 4 members (excludes halogenated alkanes) is 13. The average molecular weight is 343 g/mol. The zero-order valence-electron chi connectivity index (χ0n) is 16.8. The fraction of sp³-hybridized carbons (Fsp3) is 0.944. The van der Waals surface area contributed by atoms with Crippen LogP contribution in [0, 0.1) is 0 Å². The molecule has 0 saturated heterocycles. The van der Waals surface area contributed by atoms with Gasteiger partial charge in [0.15, 0.2) is 0 Å². The van der Waals surface area contributed by atoms with Gasteiger partial charge in [0.05, 0.1) is 5.75 Å². The van der Waals surface area contributed by atoms with E-state index in [0.717, 1.165) is 5.75 Å². The van der Waals surface area contributed by atoms with Crippen molar-refractivity contribution in [3.8, 4) is 0 Å². The topological polar surface area (TPSA) is 37.3 Å². The summed E-state index contributed by atoms with van der Waals surface area (Å²) in [5.74, 6) is 0.577. The minimum atomic E-state index is -0.689. The van der Waals surface area contributed by atoms with E-state index in [2.05, 4.69) is 6.92 Å². The van der Waals surface area contributed by atoms with Gasteiger partial charge in [0, 0.05) is 0 Å². The normalized spacial score (nSPS) is 10.4. The van der Waals surface area contributed by atoms with Crippen LogP contribution in [-0.2, 0) is 4.79 Å². The van der Waals surface area contributed by atoms with Crippen molar-refractivity contribution < 1.29 is 12.8 Å². The first-order valence-corrected chi connectivity index (χ1v) is 10.2. The molecule has 0 spiro atoms. The molecule has 0 heterocycles. The van der Waals surface area contributed by atoms with Gasteiger partial charge in [-0.25, -0.2) is 0 Å². The molecule has 0 aromatic rings. The van der Waals surface area contributed by atoms with Crippen LogP contribution < -0.4 is 0 Å². The molecular formula is C18H38MgO2S. The number of carbonyl (C=O) groups is 1. The summed E-state index contributed by atoms with van der Waals surface area (Å²) in [6, 6.07) is 0. The fourth-order valence-corrected chi connectivity index (χ4v) is 3.29. The zero-order valence-corrected chi connectivity index (χ0v) is 17.0. The quantitative estimate of drug-likeness (QED) is 0.255. The Labute approximate surface area is 161 Å². The fourth-order valence-electron chi connectivity index (χ4n) is 2.56. The van der Waals surface area contributed by atoms with E-state index in [1.165, 1.54) is 89.9 Å². The number of rotatable bonds is 17. The van der Waals surface area contributed by atoms with Crippen LogP contribution in [0.3, 0.4) is 0 Å². The van der Waals surface area contributed by atoms with Crippen molar-refractivity contribution in [1.29, 1.82) is 0 Å². The second-order valence-electron chi connectivity index (χ2n) is 6.04. The second-order valence-corrected chi connectivity index (χ2v) is 7.15. The van der Waals surface area contributed by atoms with Gasteiger partial charge >= 0.3 is 29.0 Å². The van der Waals surface area contributed by atoms with Crippen LogP contribution >= 0.6 is 11.8 Å². The standard InChI is InChI=1S/C18H36O2S.Mg.2H/c1-2-3-4-5-6-7-8-9-10-11-12-13-14-15-16-21-17-18(19)20;;;/h2-17H2,1H3,(H,19,20);;;/q;+2;2*-1. The van der Waals surface area contributed by atoms with Crippen LogP contribution in [0.4, 0.5) is 0 Å². The second kappa shape index (κ2) is 21.6. The van der Waals surface area contributed by atoms with Gasteiger partial charge in [0.25, 0.3) is 0 Å². The molecule has 0 atom stereocenters. The van der Waals surface area contributed by atoms with E-state index >= 15 is 0 Å². The summed E-state index contributed by atoms with van der Waals surface area (Å²) in [5, 5.41) is 8.51. The Kier molecular flexibility index (Phi) is 24.4. The van der Waals surface area contributed by atoms with E-state index in [0.29, 0.717) is 0 Å². The van der Waals surface area contributed by atoms with Crippen molar-refractivity contribution in [2.75, 3.05) is 11.5 Å². The molecule has 130 valence electrons. The van der Waals surface area contributed by atoms with Crippen LogP contribution in [0.1, 0.15) is 99.7 Å². The van der Waals surface area contributed by atoms with Gasteiger partial charge in [-0.15, -0.1) is 0 Å². The average Bonchev–Trinajstić information content (AvgIpc) is 2.46. The summed E-state index contributed by atoms with van der Waals surface area (Å²) in [4.78, 5) is 10.3. The van der Waals surface area contributed by atoms with E-state index in [-0.39, 0.29) is 31.7 Å². The summed E-state index contributed by atoms with van der Waals surface area (Å²) in [5.41, 5.74) is 0. The van der Waals surface area contributed by atoms with Crippen molar-refractivity contribution in [1.82, 2.24) is 0 Å². The van der Waals surface area contributed by atoms with Gasteiger partial charge in [0.1, 0.15) is 0 Å². The summed E-state index contributed by atoms with van der Waals surface area (Å²) >= 11 is 1.55. The van der Waals surface area contributed by atoms with Gasteiger partial charge < -0.3 is 7.96 Å². The summed E-state index contributed by atoms with van der Waals surface area (Å²) in [6.45, 7) is 2.27. The Hall–Kier alpha value is 0.586. The third-order valence-electron chi connectivity index (χ3n) is 3.87. The van der Waals surface area contributed by atoms with Crippen molar-refractivity contribution >= 4 is 40.8 Å². The molecule has 0 fully saturated rings. The number of carboxylic acids is 1.